The molecule has 5 nitrogen and oxygen atoms in total. The number of fused-ring (bicyclic) bond motifs is 1. The predicted octanol–water partition coefficient (Wildman–Crippen LogP) is 5.04. The van der Waals surface area contributed by atoms with Gasteiger partial charge in [0.15, 0.2) is 5.69 Å². The SMILES string of the molecule is CC(C)(C)c1ccc(COC(=O)c2nn(-c3ccccc3)c(=O)c3ccccc23)cc1. The van der Waals surface area contributed by atoms with E-state index in [-0.39, 0.29) is 23.3 Å². The lowest BCUT2D eigenvalue weighted by molar-refractivity contribution is 0.0466. The molecule has 5 heteroatoms. The Hall–Kier alpha value is -3.73. The third-order valence-corrected chi connectivity index (χ3v) is 5.19. The second kappa shape index (κ2) is 8.19. The number of hydrogen-bond donors (Lipinski definition) is 0. The van der Waals surface area contributed by atoms with Gasteiger partial charge in [0.1, 0.15) is 6.61 Å². The fourth-order valence-corrected chi connectivity index (χ4v) is 3.40. The van der Waals surface area contributed by atoms with E-state index < -0.39 is 5.97 Å². The van der Waals surface area contributed by atoms with Crippen molar-refractivity contribution in [2.24, 2.45) is 0 Å². The van der Waals surface area contributed by atoms with Crippen LogP contribution in [0.15, 0.2) is 83.7 Å². The van der Waals surface area contributed by atoms with Crippen molar-refractivity contribution in [3.63, 3.8) is 0 Å². The number of carbonyl (C=O) groups is 1. The minimum atomic E-state index is -0.569. The van der Waals surface area contributed by atoms with Gasteiger partial charge in [-0.05, 0) is 34.7 Å². The maximum atomic E-state index is 13.0. The van der Waals surface area contributed by atoms with Crippen LogP contribution in [-0.4, -0.2) is 15.7 Å². The van der Waals surface area contributed by atoms with Crippen LogP contribution in [-0.2, 0) is 16.8 Å². The third-order valence-electron chi connectivity index (χ3n) is 5.19. The number of para-hydroxylation sites is 1. The first kappa shape index (κ1) is 20.5. The molecule has 0 aliphatic rings. The van der Waals surface area contributed by atoms with Gasteiger partial charge in [0.2, 0.25) is 0 Å². The second-order valence-corrected chi connectivity index (χ2v) is 8.47. The molecule has 0 amide bonds. The Morgan fingerprint density at radius 2 is 1.48 bits per heavy atom. The summed E-state index contributed by atoms with van der Waals surface area (Å²) in [5.41, 5.74) is 2.59. The van der Waals surface area contributed by atoms with E-state index in [4.69, 9.17) is 4.74 Å². The van der Waals surface area contributed by atoms with Crippen LogP contribution in [0, 0.1) is 0 Å². The molecule has 0 spiro atoms. The monoisotopic (exact) mass is 412 g/mol. The Kier molecular flexibility index (Phi) is 5.42. The van der Waals surface area contributed by atoms with Crippen LogP contribution in [0.1, 0.15) is 42.4 Å². The molecule has 1 heterocycles. The number of benzene rings is 3. The third kappa shape index (κ3) is 4.26. The Bertz CT molecular complexity index is 1280. The molecule has 0 fully saturated rings. The molecule has 0 atom stereocenters. The molecule has 0 bridgehead atoms. The van der Waals surface area contributed by atoms with Crippen LogP contribution in [0.3, 0.4) is 0 Å². The Balaban J connectivity index is 1.66. The number of rotatable bonds is 4. The Morgan fingerprint density at radius 3 is 2.13 bits per heavy atom. The first-order valence-electron chi connectivity index (χ1n) is 10.2. The van der Waals surface area contributed by atoms with Crippen molar-refractivity contribution in [3.8, 4) is 5.69 Å². The van der Waals surface area contributed by atoms with Crippen LogP contribution >= 0.6 is 0 Å². The fourth-order valence-electron chi connectivity index (χ4n) is 3.40. The van der Waals surface area contributed by atoms with Crippen LogP contribution < -0.4 is 5.56 Å². The summed E-state index contributed by atoms with van der Waals surface area (Å²) in [4.78, 5) is 25.9. The van der Waals surface area contributed by atoms with Crippen molar-refractivity contribution >= 4 is 16.7 Å². The summed E-state index contributed by atoms with van der Waals surface area (Å²) in [7, 11) is 0. The summed E-state index contributed by atoms with van der Waals surface area (Å²) in [5.74, 6) is -0.569. The Morgan fingerprint density at radius 1 is 0.871 bits per heavy atom. The summed E-state index contributed by atoms with van der Waals surface area (Å²) in [5, 5.41) is 5.26. The van der Waals surface area contributed by atoms with Gasteiger partial charge >= 0.3 is 5.97 Å². The van der Waals surface area contributed by atoms with E-state index in [2.05, 4.69) is 25.9 Å². The highest BCUT2D eigenvalue weighted by atomic mass is 16.5. The molecule has 31 heavy (non-hydrogen) atoms. The Labute approximate surface area is 180 Å². The lowest BCUT2D eigenvalue weighted by atomic mass is 9.87. The fraction of sp³-hybridized carbons (Fsp3) is 0.192. The van der Waals surface area contributed by atoms with Gasteiger partial charge in [0, 0.05) is 5.39 Å². The molecule has 4 aromatic rings. The maximum Gasteiger partial charge on any atom is 0.359 e. The zero-order chi connectivity index (χ0) is 22.0. The van der Waals surface area contributed by atoms with Crippen molar-refractivity contribution in [2.75, 3.05) is 0 Å². The summed E-state index contributed by atoms with van der Waals surface area (Å²) in [6, 6.07) is 24.0. The quantitative estimate of drug-likeness (QED) is 0.441. The molecular formula is C26H24N2O3. The van der Waals surface area contributed by atoms with Gasteiger partial charge in [-0.25, -0.2) is 4.79 Å². The van der Waals surface area contributed by atoms with Crippen molar-refractivity contribution in [3.05, 3.63) is 106 Å². The number of carbonyl (C=O) groups excluding carboxylic acids is 1. The van der Waals surface area contributed by atoms with E-state index in [1.54, 1.807) is 36.4 Å². The first-order chi connectivity index (χ1) is 14.8. The molecule has 3 aromatic carbocycles. The van der Waals surface area contributed by atoms with Crippen molar-refractivity contribution < 1.29 is 9.53 Å². The van der Waals surface area contributed by atoms with Gasteiger partial charge in [-0.15, -0.1) is 0 Å². The van der Waals surface area contributed by atoms with E-state index in [1.807, 2.05) is 42.5 Å². The minimum absolute atomic E-state index is 0.0587. The lowest BCUT2D eigenvalue weighted by Crippen LogP contribution is -2.25. The molecule has 0 radical (unpaired) electrons. The topological polar surface area (TPSA) is 61.2 Å². The first-order valence-corrected chi connectivity index (χ1v) is 10.2. The largest absolute Gasteiger partial charge is 0.456 e. The van der Waals surface area contributed by atoms with E-state index in [9.17, 15) is 9.59 Å². The average Bonchev–Trinajstić information content (AvgIpc) is 2.78. The number of nitrogens with zero attached hydrogens (tertiary/aromatic N) is 2. The molecule has 0 aliphatic heterocycles. The van der Waals surface area contributed by atoms with E-state index >= 15 is 0 Å². The molecule has 0 saturated carbocycles. The van der Waals surface area contributed by atoms with Crippen LogP contribution in [0.25, 0.3) is 16.5 Å². The second-order valence-electron chi connectivity index (χ2n) is 8.47. The van der Waals surface area contributed by atoms with Gasteiger partial charge in [-0.2, -0.15) is 9.78 Å². The predicted molar refractivity (Wildman–Crippen MR) is 122 cm³/mol. The highest BCUT2D eigenvalue weighted by molar-refractivity contribution is 6.02. The van der Waals surface area contributed by atoms with Crippen molar-refractivity contribution in [1.82, 2.24) is 9.78 Å². The van der Waals surface area contributed by atoms with Crippen molar-refractivity contribution in [2.45, 2.75) is 32.8 Å². The number of hydrogen-bond acceptors (Lipinski definition) is 4. The standard InChI is InChI=1S/C26H24N2O3/c1-26(2,3)19-15-13-18(14-16-19)17-31-25(30)23-21-11-7-8-12-22(21)24(29)28(27-23)20-9-5-4-6-10-20/h4-16H,17H2,1-3H3. The molecular weight excluding hydrogens is 388 g/mol. The van der Waals surface area contributed by atoms with Crippen molar-refractivity contribution in [1.29, 1.82) is 0 Å². The minimum Gasteiger partial charge on any atom is -0.456 e. The molecule has 0 unspecified atom stereocenters. The van der Waals surface area contributed by atoms with Gasteiger partial charge in [0.25, 0.3) is 5.56 Å². The molecule has 0 aliphatic carbocycles. The zero-order valence-electron chi connectivity index (χ0n) is 17.8. The van der Waals surface area contributed by atoms with E-state index in [0.717, 1.165) is 5.56 Å². The van der Waals surface area contributed by atoms with Crippen LogP contribution in [0.4, 0.5) is 0 Å². The normalized spacial score (nSPS) is 11.5. The van der Waals surface area contributed by atoms with Crippen LogP contribution in [0.2, 0.25) is 0 Å². The number of aromatic nitrogens is 2. The molecule has 156 valence electrons. The average molecular weight is 412 g/mol. The summed E-state index contributed by atoms with van der Waals surface area (Å²) < 4.78 is 6.81. The van der Waals surface area contributed by atoms with Gasteiger partial charge in [-0.1, -0.05) is 81.4 Å². The number of esters is 1. The number of ether oxygens (including phenoxy) is 1. The molecule has 1 aromatic heterocycles. The van der Waals surface area contributed by atoms with E-state index in [1.165, 1.54) is 10.2 Å². The smallest absolute Gasteiger partial charge is 0.359 e. The molecule has 4 rings (SSSR count). The maximum absolute atomic E-state index is 13.0. The lowest BCUT2D eigenvalue weighted by Gasteiger charge is -2.19. The summed E-state index contributed by atoms with van der Waals surface area (Å²) >= 11 is 0. The molecule has 0 N–H and O–H groups in total. The highest BCUT2D eigenvalue weighted by Crippen LogP contribution is 2.22. The zero-order valence-corrected chi connectivity index (χ0v) is 17.8. The van der Waals surface area contributed by atoms with E-state index in [0.29, 0.717) is 16.5 Å². The van der Waals surface area contributed by atoms with Gasteiger partial charge in [0.05, 0.1) is 11.1 Å². The summed E-state index contributed by atoms with van der Waals surface area (Å²) in [6.45, 7) is 6.59. The molecule has 0 saturated heterocycles. The van der Waals surface area contributed by atoms with Crippen LogP contribution in [0.5, 0.6) is 0 Å². The van der Waals surface area contributed by atoms with Gasteiger partial charge < -0.3 is 4.74 Å². The van der Waals surface area contributed by atoms with Gasteiger partial charge in [-0.3, -0.25) is 4.79 Å². The summed E-state index contributed by atoms with van der Waals surface area (Å²) in [6.07, 6.45) is 0. The highest BCUT2D eigenvalue weighted by Gasteiger charge is 2.19.